The summed E-state index contributed by atoms with van der Waals surface area (Å²) in [6.45, 7) is 0.606. The van der Waals surface area contributed by atoms with Crippen molar-refractivity contribution in [3.05, 3.63) is 54.3 Å². The molecule has 0 atom stereocenters. The molecule has 21 heavy (non-hydrogen) atoms. The second kappa shape index (κ2) is 6.58. The first-order valence-corrected chi connectivity index (χ1v) is 8.15. The van der Waals surface area contributed by atoms with Gasteiger partial charge in [-0.05, 0) is 48.5 Å². The van der Waals surface area contributed by atoms with Crippen LogP contribution in [0.15, 0.2) is 53.4 Å². The summed E-state index contributed by atoms with van der Waals surface area (Å²) in [6.07, 6.45) is 1.15. The van der Waals surface area contributed by atoms with Gasteiger partial charge in [-0.25, -0.2) is 12.8 Å². The van der Waals surface area contributed by atoms with Crippen molar-refractivity contribution in [1.82, 2.24) is 0 Å². The van der Waals surface area contributed by atoms with Crippen LogP contribution in [-0.2, 0) is 9.84 Å². The number of halogens is 1. The zero-order valence-corrected chi connectivity index (χ0v) is 12.3. The van der Waals surface area contributed by atoms with Gasteiger partial charge in [-0.3, -0.25) is 0 Å². The molecule has 0 aliphatic rings. The molecule has 0 fully saturated rings. The summed E-state index contributed by atoms with van der Waals surface area (Å²) in [5, 5.41) is 0. The third-order valence-corrected chi connectivity index (χ3v) is 3.81. The van der Waals surface area contributed by atoms with Gasteiger partial charge in [0.05, 0.1) is 4.90 Å². The van der Waals surface area contributed by atoms with E-state index >= 15 is 0 Å². The molecule has 0 saturated heterocycles. The first-order chi connectivity index (χ1) is 9.95. The van der Waals surface area contributed by atoms with E-state index in [1.165, 1.54) is 36.4 Å². The van der Waals surface area contributed by atoms with Crippen LogP contribution in [0.5, 0.6) is 11.5 Å². The van der Waals surface area contributed by atoms with E-state index in [0.717, 1.165) is 6.26 Å². The van der Waals surface area contributed by atoms with Gasteiger partial charge in [-0.1, -0.05) is 0 Å². The molecule has 0 radical (unpaired) electrons. The number of sulfone groups is 1. The average molecular weight is 310 g/mol. The molecule has 0 saturated carbocycles. The Labute approximate surface area is 123 Å². The summed E-state index contributed by atoms with van der Waals surface area (Å²) in [5.74, 6) is 0.807. The summed E-state index contributed by atoms with van der Waals surface area (Å²) < 4.78 is 46.1. The highest BCUT2D eigenvalue weighted by molar-refractivity contribution is 7.90. The Hall–Kier alpha value is -2.08. The van der Waals surface area contributed by atoms with E-state index in [0.29, 0.717) is 24.7 Å². The molecule has 0 heterocycles. The fourth-order valence-corrected chi connectivity index (χ4v) is 2.26. The van der Waals surface area contributed by atoms with E-state index in [1.807, 2.05) is 0 Å². The monoisotopic (exact) mass is 310 g/mol. The molecule has 0 bridgehead atoms. The lowest BCUT2D eigenvalue weighted by molar-refractivity contribution is 0.217. The predicted molar refractivity (Wildman–Crippen MR) is 76.9 cm³/mol. The van der Waals surface area contributed by atoms with E-state index in [4.69, 9.17) is 9.47 Å². The first-order valence-electron chi connectivity index (χ1n) is 6.26. The molecular formula is C15H15FO4S. The molecule has 2 rings (SSSR count). The highest BCUT2D eigenvalue weighted by atomic mass is 32.2. The normalized spacial score (nSPS) is 11.1. The molecule has 0 unspecified atom stereocenters. The fourth-order valence-electron chi connectivity index (χ4n) is 1.63. The largest absolute Gasteiger partial charge is 0.490 e. The lowest BCUT2D eigenvalue weighted by Crippen LogP contribution is -2.09. The molecule has 0 aliphatic carbocycles. The Morgan fingerprint density at radius 3 is 1.71 bits per heavy atom. The van der Waals surface area contributed by atoms with E-state index in [9.17, 15) is 12.8 Å². The van der Waals surface area contributed by atoms with Crippen molar-refractivity contribution in [3.63, 3.8) is 0 Å². The van der Waals surface area contributed by atoms with Crippen LogP contribution in [-0.4, -0.2) is 27.9 Å². The van der Waals surface area contributed by atoms with Crippen LogP contribution in [0.3, 0.4) is 0 Å². The van der Waals surface area contributed by atoms with Crippen LogP contribution < -0.4 is 9.47 Å². The maximum Gasteiger partial charge on any atom is 0.175 e. The van der Waals surface area contributed by atoms with Crippen LogP contribution in [0.25, 0.3) is 0 Å². The van der Waals surface area contributed by atoms with E-state index < -0.39 is 9.84 Å². The van der Waals surface area contributed by atoms with Crippen LogP contribution in [0, 0.1) is 5.82 Å². The molecule has 2 aromatic rings. The summed E-state index contributed by atoms with van der Waals surface area (Å²) >= 11 is 0. The van der Waals surface area contributed by atoms with Gasteiger partial charge in [0.15, 0.2) is 9.84 Å². The van der Waals surface area contributed by atoms with Gasteiger partial charge in [0, 0.05) is 6.26 Å². The topological polar surface area (TPSA) is 52.6 Å². The summed E-state index contributed by atoms with van der Waals surface area (Å²) in [7, 11) is -3.20. The molecule has 2 aromatic carbocycles. The maximum absolute atomic E-state index is 12.7. The van der Waals surface area contributed by atoms with Crippen LogP contribution in [0.1, 0.15) is 0 Å². The Morgan fingerprint density at radius 2 is 1.29 bits per heavy atom. The minimum Gasteiger partial charge on any atom is -0.490 e. The maximum atomic E-state index is 12.7. The van der Waals surface area contributed by atoms with E-state index in [-0.39, 0.29) is 10.7 Å². The van der Waals surface area contributed by atoms with Crippen molar-refractivity contribution in [2.45, 2.75) is 4.90 Å². The Bertz CT molecular complexity index is 679. The number of hydrogen-bond donors (Lipinski definition) is 0. The van der Waals surface area contributed by atoms with Crippen LogP contribution in [0.2, 0.25) is 0 Å². The first kappa shape index (κ1) is 15.3. The van der Waals surface area contributed by atoms with Crippen molar-refractivity contribution in [2.75, 3.05) is 19.5 Å². The second-order valence-corrected chi connectivity index (χ2v) is 6.41. The second-order valence-electron chi connectivity index (χ2n) is 4.39. The van der Waals surface area contributed by atoms with Gasteiger partial charge in [-0.2, -0.15) is 0 Å². The number of benzene rings is 2. The SMILES string of the molecule is CS(=O)(=O)c1ccc(OCCOc2ccc(F)cc2)cc1. The summed E-state index contributed by atoms with van der Waals surface area (Å²) in [5.41, 5.74) is 0. The third-order valence-electron chi connectivity index (χ3n) is 2.69. The summed E-state index contributed by atoms with van der Waals surface area (Å²) in [4.78, 5) is 0.248. The molecule has 0 spiro atoms. The lowest BCUT2D eigenvalue weighted by Gasteiger charge is -2.08. The summed E-state index contributed by atoms with van der Waals surface area (Å²) in [6, 6.07) is 11.9. The predicted octanol–water partition coefficient (Wildman–Crippen LogP) is 2.69. The van der Waals surface area contributed by atoms with E-state index in [1.54, 1.807) is 12.1 Å². The van der Waals surface area contributed by atoms with Crippen molar-refractivity contribution < 1.29 is 22.3 Å². The third kappa shape index (κ3) is 4.75. The lowest BCUT2D eigenvalue weighted by atomic mass is 10.3. The van der Waals surface area contributed by atoms with Crippen molar-refractivity contribution in [2.24, 2.45) is 0 Å². The van der Waals surface area contributed by atoms with Crippen LogP contribution in [0.4, 0.5) is 4.39 Å². The molecule has 0 amide bonds. The standard InChI is InChI=1S/C15H15FO4S/c1-21(17,18)15-8-6-14(7-9-15)20-11-10-19-13-4-2-12(16)3-5-13/h2-9H,10-11H2,1H3. The average Bonchev–Trinajstić information content (AvgIpc) is 2.45. The van der Waals surface area contributed by atoms with Gasteiger partial charge in [0.1, 0.15) is 30.5 Å². The molecule has 6 heteroatoms. The molecule has 0 aliphatic heterocycles. The van der Waals surface area contributed by atoms with Gasteiger partial charge < -0.3 is 9.47 Å². The number of rotatable bonds is 6. The van der Waals surface area contributed by atoms with Gasteiger partial charge >= 0.3 is 0 Å². The zero-order chi connectivity index (χ0) is 15.3. The Morgan fingerprint density at radius 1 is 0.857 bits per heavy atom. The zero-order valence-electron chi connectivity index (χ0n) is 11.5. The Balaban J connectivity index is 1.80. The minimum atomic E-state index is -3.20. The highest BCUT2D eigenvalue weighted by Gasteiger charge is 2.06. The highest BCUT2D eigenvalue weighted by Crippen LogP contribution is 2.16. The van der Waals surface area contributed by atoms with E-state index in [2.05, 4.69) is 0 Å². The van der Waals surface area contributed by atoms with Crippen molar-refractivity contribution >= 4 is 9.84 Å². The smallest absolute Gasteiger partial charge is 0.175 e. The Kier molecular flexibility index (Phi) is 4.80. The molecule has 4 nitrogen and oxygen atoms in total. The van der Waals surface area contributed by atoms with Gasteiger partial charge in [-0.15, -0.1) is 0 Å². The number of hydrogen-bond acceptors (Lipinski definition) is 4. The van der Waals surface area contributed by atoms with Crippen LogP contribution >= 0.6 is 0 Å². The molecule has 0 aromatic heterocycles. The fraction of sp³-hybridized carbons (Fsp3) is 0.200. The number of ether oxygens (including phenoxy) is 2. The molecule has 0 N–H and O–H groups in total. The van der Waals surface area contributed by atoms with Crippen molar-refractivity contribution in [1.29, 1.82) is 0 Å². The van der Waals surface area contributed by atoms with Crippen molar-refractivity contribution in [3.8, 4) is 11.5 Å². The van der Waals surface area contributed by atoms with Gasteiger partial charge in [0.2, 0.25) is 0 Å². The quantitative estimate of drug-likeness (QED) is 0.770. The molecular weight excluding hydrogens is 295 g/mol. The molecule has 112 valence electrons. The van der Waals surface area contributed by atoms with Gasteiger partial charge in [0.25, 0.3) is 0 Å². The minimum absolute atomic E-state index is 0.248.